The fraction of sp³-hybridized carbons (Fsp3) is 0.941. The molecule has 0 aromatic rings. The van der Waals surface area contributed by atoms with Gasteiger partial charge < -0.3 is 14.9 Å². The molecule has 0 radical (unpaired) electrons. The van der Waals surface area contributed by atoms with Crippen LogP contribution in [0.4, 0.5) is 0 Å². The summed E-state index contributed by atoms with van der Waals surface area (Å²) >= 11 is 0. The van der Waals surface area contributed by atoms with Crippen molar-refractivity contribution in [3.8, 4) is 0 Å². The van der Waals surface area contributed by atoms with Gasteiger partial charge in [-0.3, -0.25) is 4.79 Å². The molecule has 1 amide bonds. The number of carbonyl (C=O) groups is 1. The van der Waals surface area contributed by atoms with Gasteiger partial charge in [0.1, 0.15) is 0 Å². The van der Waals surface area contributed by atoms with Crippen LogP contribution in [0.15, 0.2) is 0 Å². The molecule has 2 fully saturated rings. The summed E-state index contributed by atoms with van der Waals surface area (Å²) in [5, 5.41) is 10.2. The van der Waals surface area contributed by atoms with E-state index in [0.717, 1.165) is 64.7 Å². The average Bonchev–Trinajstić information content (AvgIpc) is 2.53. The van der Waals surface area contributed by atoms with Crippen molar-refractivity contribution >= 4 is 5.91 Å². The van der Waals surface area contributed by atoms with E-state index in [0.29, 0.717) is 12.0 Å². The summed E-state index contributed by atoms with van der Waals surface area (Å²) < 4.78 is 0. The minimum absolute atomic E-state index is 0.0911. The number of nitrogens with zero attached hydrogens (tertiary/aromatic N) is 2. The Morgan fingerprint density at radius 3 is 2.29 bits per heavy atom. The highest BCUT2D eigenvalue weighted by molar-refractivity contribution is 5.73. The third-order valence-electron chi connectivity index (χ3n) is 5.40. The normalized spacial score (nSPS) is 24.2. The Morgan fingerprint density at radius 1 is 1.14 bits per heavy atom. The smallest absolute Gasteiger partial charge is 0.219 e. The second-order valence-electron chi connectivity index (χ2n) is 6.82. The Bertz CT molecular complexity index is 319. The number of unbranched alkanes of at least 4 members (excludes halogenated alkanes) is 1. The summed E-state index contributed by atoms with van der Waals surface area (Å²) in [6, 6.07) is 0.648. The van der Waals surface area contributed by atoms with Crippen molar-refractivity contribution in [3.63, 3.8) is 0 Å². The Morgan fingerprint density at radius 2 is 1.76 bits per heavy atom. The number of aliphatic hydroxyl groups is 1. The SMILES string of the molecule is CCCC[C@H](O)C1CCN(C2CCN(C(C)=O)CC2)CC1. The number of hydrogen-bond donors (Lipinski definition) is 1. The van der Waals surface area contributed by atoms with E-state index in [1.54, 1.807) is 6.92 Å². The van der Waals surface area contributed by atoms with Gasteiger partial charge in [-0.15, -0.1) is 0 Å². The molecule has 0 unspecified atom stereocenters. The molecule has 4 heteroatoms. The lowest BCUT2D eigenvalue weighted by atomic mass is 9.87. The summed E-state index contributed by atoms with van der Waals surface area (Å²) in [7, 11) is 0. The molecule has 0 saturated carbocycles. The van der Waals surface area contributed by atoms with Crippen molar-refractivity contribution in [2.45, 2.75) is 70.9 Å². The predicted octanol–water partition coefficient (Wildman–Crippen LogP) is 2.26. The van der Waals surface area contributed by atoms with Gasteiger partial charge in [0.15, 0.2) is 0 Å². The second kappa shape index (κ2) is 8.14. The molecule has 0 bridgehead atoms. The summed E-state index contributed by atoms with van der Waals surface area (Å²) in [5.41, 5.74) is 0. The Balaban J connectivity index is 1.71. The minimum atomic E-state index is -0.0911. The van der Waals surface area contributed by atoms with Crippen molar-refractivity contribution in [2.75, 3.05) is 26.2 Å². The van der Waals surface area contributed by atoms with Crippen LogP contribution >= 0.6 is 0 Å². The monoisotopic (exact) mass is 296 g/mol. The fourth-order valence-electron chi connectivity index (χ4n) is 3.86. The first kappa shape index (κ1) is 16.8. The first-order chi connectivity index (χ1) is 10.1. The zero-order chi connectivity index (χ0) is 15.2. The Kier molecular flexibility index (Phi) is 6.49. The fourth-order valence-corrected chi connectivity index (χ4v) is 3.86. The van der Waals surface area contributed by atoms with Gasteiger partial charge in [0.05, 0.1) is 6.10 Å². The minimum Gasteiger partial charge on any atom is -0.393 e. The Labute approximate surface area is 129 Å². The van der Waals surface area contributed by atoms with Gasteiger partial charge in [0, 0.05) is 26.1 Å². The third kappa shape index (κ3) is 4.68. The molecule has 0 spiro atoms. The maximum absolute atomic E-state index is 11.4. The van der Waals surface area contributed by atoms with Gasteiger partial charge >= 0.3 is 0 Å². The van der Waals surface area contributed by atoms with Gasteiger partial charge in [-0.05, 0) is 51.1 Å². The predicted molar refractivity (Wildman–Crippen MR) is 85.1 cm³/mol. The van der Waals surface area contributed by atoms with Gasteiger partial charge in [0.2, 0.25) is 5.91 Å². The average molecular weight is 296 g/mol. The zero-order valence-corrected chi connectivity index (χ0v) is 13.8. The first-order valence-corrected chi connectivity index (χ1v) is 8.79. The van der Waals surface area contributed by atoms with E-state index < -0.39 is 0 Å². The first-order valence-electron chi connectivity index (χ1n) is 8.79. The molecule has 2 saturated heterocycles. The lowest BCUT2D eigenvalue weighted by molar-refractivity contribution is -0.130. The summed E-state index contributed by atoms with van der Waals surface area (Å²) in [6.45, 7) is 7.93. The van der Waals surface area contributed by atoms with Crippen LogP contribution in [0.2, 0.25) is 0 Å². The van der Waals surface area contributed by atoms with Crippen molar-refractivity contribution in [2.24, 2.45) is 5.92 Å². The van der Waals surface area contributed by atoms with Crippen LogP contribution in [-0.4, -0.2) is 59.1 Å². The number of aliphatic hydroxyl groups excluding tert-OH is 1. The van der Waals surface area contributed by atoms with Gasteiger partial charge in [-0.2, -0.15) is 0 Å². The number of likely N-dealkylation sites (tertiary alicyclic amines) is 2. The van der Waals surface area contributed by atoms with Crippen LogP contribution in [0.3, 0.4) is 0 Å². The van der Waals surface area contributed by atoms with Crippen molar-refractivity contribution in [3.05, 3.63) is 0 Å². The van der Waals surface area contributed by atoms with E-state index in [-0.39, 0.29) is 12.0 Å². The largest absolute Gasteiger partial charge is 0.393 e. The topological polar surface area (TPSA) is 43.8 Å². The van der Waals surface area contributed by atoms with Crippen molar-refractivity contribution < 1.29 is 9.90 Å². The second-order valence-corrected chi connectivity index (χ2v) is 6.82. The highest BCUT2D eigenvalue weighted by Gasteiger charge is 2.30. The number of rotatable bonds is 5. The summed E-state index contributed by atoms with van der Waals surface area (Å²) in [4.78, 5) is 15.9. The van der Waals surface area contributed by atoms with Crippen LogP contribution in [0.1, 0.15) is 58.8 Å². The molecular formula is C17H32N2O2. The van der Waals surface area contributed by atoms with E-state index in [2.05, 4.69) is 11.8 Å². The highest BCUT2D eigenvalue weighted by Crippen LogP contribution is 2.27. The standard InChI is InChI=1S/C17H32N2O2/c1-3-4-5-17(21)15-6-10-19(11-7-15)16-8-12-18(13-9-16)14(2)20/h15-17,21H,3-13H2,1-2H3/t17-/m0/s1. The highest BCUT2D eigenvalue weighted by atomic mass is 16.3. The zero-order valence-electron chi connectivity index (χ0n) is 13.8. The van der Waals surface area contributed by atoms with E-state index in [1.165, 1.54) is 6.42 Å². The van der Waals surface area contributed by atoms with Crippen molar-refractivity contribution in [1.82, 2.24) is 9.80 Å². The molecule has 4 nitrogen and oxygen atoms in total. The van der Waals surface area contributed by atoms with E-state index in [1.807, 2.05) is 4.90 Å². The van der Waals surface area contributed by atoms with E-state index >= 15 is 0 Å². The van der Waals surface area contributed by atoms with Gasteiger partial charge in [-0.1, -0.05) is 19.8 Å². The molecule has 21 heavy (non-hydrogen) atoms. The summed E-state index contributed by atoms with van der Waals surface area (Å²) in [5.74, 6) is 0.719. The number of carbonyl (C=O) groups excluding carboxylic acids is 1. The van der Waals surface area contributed by atoms with E-state index in [9.17, 15) is 9.90 Å². The number of amides is 1. The molecule has 2 aliphatic rings. The molecule has 1 atom stereocenters. The molecule has 1 N–H and O–H groups in total. The van der Waals surface area contributed by atoms with Crippen LogP contribution < -0.4 is 0 Å². The maximum atomic E-state index is 11.4. The number of piperidine rings is 2. The van der Waals surface area contributed by atoms with Crippen LogP contribution in [-0.2, 0) is 4.79 Å². The molecule has 0 aliphatic carbocycles. The van der Waals surface area contributed by atoms with Crippen LogP contribution in [0.25, 0.3) is 0 Å². The van der Waals surface area contributed by atoms with Gasteiger partial charge in [0.25, 0.3) is 0 Å². The quantitative estimate of drug-likeness (QED) is 0.846. The summed E-state index contributed by atoms with van der Waals surface area (Å²) in [6.07, 6.45) is 7.70. The third-order valence-corrected chi connectivity index (χ3v) is 5.40. The number of hydrogen-bond acceptors (Lipinski definition) is 3. The van der Waals surface area contributed by atoms with Crippen molar-refractivity contribution in [1.29, 1.82) is 0 Å². The van der Waals surface area contributed by atoms with Crippen LogP contribution in [0.5, 0.6) is 0 Å². The molecule has 0 aromatic carbocycles. The molecular weight excluding hydrogens is 264 g/mol. The lowest BCUT2D eigenvalue weighted by Gasteiger charge is -2.42. The lowest BCUT2D eigenvalue weighted by Crippen LogP contribution is -2.49. The van der Waals surface area contributed by atoms with Crippen LogP contribution in [0, 0.1) is 5.92 Å². The molecule has 2 heterocycles. The molecule has 0 aromatic heterocycles. The molecule has 2 rings (SSSR count). The maximum Gasteiger partial charge on any atom is 0.219 e. The Hall–Kier alpha value is -0.610. The molecule has 2 aliphatic heterocycles. The van der Waals surface area contributed by atoms with Gasteiger partial charge in [-0.25, -0.2) is 0 Å². The molecule has 122 valence electrons. The van der Waals surface area contributed by atoms with E-state index in [4.69, 9.17) is 0 Å².